The van der Waals surface area contributed by atoms with Gasteiger partial charge in [0.2, 0.25) is 11.8 Å². The van der Waals surface area contributed by atoms with Crippen LogP contribution in [0.2, 0.25) is 0 Å². The molecule has 3 aromatic rings. The van der Waals surface area contributed by atoms with Gasteiger partial charge in [-0.1, -0.05) is 83.5 Å². The number of hydrogen-bond acceptors (Lipinski definition) is 3. The van der Waals surface area contributed by atoms with Crippen LogP contribution < -0.4 is 5.32 Å². The van der Waals surface area contributed by atoms with Gasteiger partial charge >= 0.3 is 0 Å². The van der Waals surface area contributed by atoms with E-state index in [1.54, 1.807) is 4.90 Å². The largest absolute Gasteiger partial charge is 0.352 e. The average Bonchev–Trinajstić information content (AvgIpc) is 2.85. The van der Waals surface area contributed by atoms with Crippen molar-refractivity contribution in [2.45, 2.75) is 50.2 Å². The summed E-state index contributed by atoms with van der Waals surface area (Å²) in [5.41, 5.74) is 2.00. The predicted molar refractivity (Wildman–Crippen MR) is 144 cm³/mol. The van der Waals surface area contributed by atoms with Crippen LogP contribution in [0.1, 0.15) is 31.4 Å². The highest BCUT2D eigenvalue weighted by atomic mass is 79.9. The van der Waals surface area contributed by atoms with E-state index in [0.717, 1.165) is 26.9 Å². The average molecular weight is 540 g/mol. The molecule has 1 N–H and O–H groups in total. The number of amides is 2. The zero-order valence-electron chi connectivity index (χ0n) is 19.6. The van der Waals surface area contributed by atoms with Crippen LogP contribution in [-0.4, -0.2) is 34.6 Å². The molecule has 0 bridgehead atoms. The van der Waals surface area contributed by atoms with E-state index in [0.29, 0.717) is 13.0 Å². The molecule has 0 heterocycles. The van der Waals surface area contributed by atoms with E-state index in [9.17, 15) is 9.59 Å². The zero-order valence-corrected chi connectivity index (χ0v) is 22.0. The molecular weight excluding hydrogens is 508 g/mol. The van der Waals surface area contributed by atoms with Crippen molar-refractivity contribution in [3.05, 3.63) is 101 Å². The van der Waals surface area contributed by atoms with Crippen molar-refractivity contribution in [1.29, 1.82) is 0 Å². The number of thioether (sulfide) groups is 1. The monoisotopic (exact) mass is 538 g/mol. The molecule has 0 aliphatic heterocycles. The minimum atomic E-state index is -0.612. The first-order valence-electron chi connectivity index (χ1n) is 11.5. The Balaban J connectivity index is 1.91. The van der Waals surface area contributed by atoms with Crippen molar-refractivity contribution in [3.8, 4) is 0 Å². The fourth-order valence-corrected chi connectivity index (χ4v) is 4.82. The van der Waals surface area contributed by atoms with Crippen LogP contribution in [0.3, 0.4) is 0 Å². The maximum absolute atomic E-state index is 13.6. The Kier molecular flexibility index (Phi) is 10.2. The normalized spacial score (nSPS) is 12.6. The first-order chi connectivity index (χ1) is 16.5. The van der Waals surface area contributed by atoms with E-state index in [1.165, 1.54) is 11.8 Å². The fourth-order valence-electron chi connectivity index (χ4n) is 3.57. The number of nitrogens with one attached hydrogen (secondary N) is 1. The van der Waals surface area contributed by atoms with Crippen LogP contribution in [0, 0.1) is 0 Å². The second kappa shape index (κ2) is 13.4. The Hall–Kier alpha value is -2.57. The summed E-state index contributed by atoms with van der Waals surface area (Å²) in [4.78, 5) is 29.9. The summed E-state index contributed by atoms with van der Waals surface area (Å²) in [5, 5.41) is 3.11. The third kappa shape index (κ3) is 8.03. The molecule has 0 fully saturated rings. The smallest absolute Gasteiger partial charge is 0.243 e. The van der Waals surface area contributed by atoms with E-state index in [-0.39, 0.29) is 23.6 Å². The molecular formula is C28H31BrN2O2S. The Morgan fingerprint density at radius 2 is 1.59 bits per heavy atom. The molecule has 2 amide bonds. The van der Waals surface area contributed by atoms with E-state index >= 15 is 0 Å². The van der Waals surface area contributed by atoms with Gasteiger partial charge in [0.15, 0.2) is 0 Å². The van der Waals surface area contributed by atoms with E-state index < -0.39 is 6.04 Å². The van der Waals surface area contributed by atoms with Crippen molar-refractivity contribution < 1.29 is 9.59 Å². The summed E-state index contributed by atoms with van der Waals surface area (Å²) < 4.78 is 0.944. The van der Waals surface area contributed by atoms with Crippen molar-refractivity contribution in [2.24, 2.45) is 0 Å². The quantitative estimate of drug-likeness (QED) is 0.300. The lowest BCUT2D eigenvalue weighted by Gasteiger charge is -2.32. The third-order valence-electron chi connectivity index (χ3n) is 5.62. The van der Waals surface area contributed by atoms with Gasteiger partial charge in [-0.25, -0.2) is 0 Å². The third-order valence-corrected chi connectivity index (χ3v) is 7.11. The molecule has 0 radical (unpaired) electrons. The van der Waals surface area contributed by atoms with E-state index in [1.807, 2.05) is 98.8 Å². The summed E-state index contributed by atoms with van der Waals surface area (Å²) in [6, 6.07) is 27.1. The van der Waals surface area contributed by atoms with Gasteiger partial charge in [-0.3, -0.25) is 9.59 Å². The SMILES string of the molecule is CCC(C)NC(=O)C(Cc1ccccc1)N(Cc1cccc(Br)c1)C(=O)CSc1ccccc1. The number of benzene rings is 3. The fraction of sp³-hybridized carbons (Fsp3) is 0.286. The predicted octanol–water partition coefficient (Wildman–Crippen LogP) is 6.10. The zero-order chi connectivity index (χ0) is 24.3. The summed E-state index contributed by atoms with van der Waals surface area (Å²) in [6.07, 6.45) is 1.28. The maximum atomic E-state index is 13.6. The lowest BCUT2D eigenvalue weighted by atomic mass is 10.0. The van der Waals surface area contributed by atoms with Crippen LogP contribution in [0.25, 0.3) is 0 Å². The first kappa shape index (κ1) is 26.0. The molecule has 34 heavy (non-hydrogen) atoms. The number of hydrogen-bond donors (Lipinski definition) is 1. The minimum Gasteiger partial charge on any atom is -0.352 e. The van der Waals surface area contributed by atoms with Gasteiger partial charge in [0.25, 0.3) is 0 Å². The Morgan fingerprint density at radius 3 is 2.24 bits per heavy atom. The molecule has 0 spiro atoms. The molecule has 0 aromatic heterocycles. The Labute approximate surface area is 215 Å². The van der Waals surface area contributed by atoms with Crippen LogP contribution in [0.15, 0.2) is 94.3 Å². The van der Waals surface area contributed by atoms with Crippen molar-refractivity contribution in [1.82, 2.24) is 10.2 Å². The highest BCUT2D eigenvalue weighted by Gasteiger charge is 2.31. The van der Waals surface area contributed by atoms with Gasteiger partial charge in [0.05, 0.1) is 5.75 Å². The maximum Gasteiger partial charge on any atom is 0.243 e. The van der Waals surface area contributed by atoms with Crippen LogP contribution in [-0.2, 0) is 22.6 Å². The Morgan fingerprint density at radius 1 is 0.941 bits per heavy atom. The number of rotatable bonds is 11. The number of nitrogens with zero attached hydrogens (tertiary/aromatic N) is 1. The van der Waals surface area contributed by atoms with Gasteiger partial charge in [0, 0.05) is 28.4 Å². The highest BCUT2D eigenvalue weighted by Crippen LogP contribution is 2.22. The van der Waals surface area contributed by atoms with Crippen LogP contribution in [0.5, 0.6) is 0 Å². The first-order valence-corrected chi connectivity index (χ1v) is 13.3. The van der Waals surface area contributed by atoms with Crippen molar-refractivity contribution in [3.63, 3.8) is 0 Å². The van der Waals surface area contributed by atoms with Gasteiger partial charge < -0.3 is 10.2 Å². The lowest BCUT2D eigenvalue weighted by Crippen LogP contribution is -2.52. The van der Waals surface area contributed by atoms with Gasteiger partial charge in [-0.2, -0.15) is 0 Å². The molecule has 0 aliphatic rings. The summed E-state index contributed by atoms with van der Waals surface area (Å²) in [6.45, 7) is 4.39. The van der Waals surface area contributed by atoms with Crippen molar-refractivity contribution in [2.75, 3.05) is 5.75 Å². The number of carbonyl (C=O) groups excluding carboxylic acids is 2. The number of carbonyl (C=O) groups is 2. The van der Waals surface area contributed by atoms with Gasteiger partial charge in [-0.15, -0.1) is 11.8 Å². The molecule has 178 valence electrons. The van der Waals surface area contributed by atoms with Gasteiger partial charge in [-0.05, 0) is 48.7 Å². The molecule has 2 atom stereocenters. The summed E-state index contributed by atoms with van der Waals surface area (Å²) >= 11 is 5.02. The standard InChI is InChI=1S/C28H31BrN2O2S/c1-3-21(2)30-28(33)26(18-22-11-6-4-7-12-22)31(19-23-13-10-14-24(29)17-23)27(32)20-34-25-15-8-5-9-16-25/h4-17,21,26H,3,18-20H2,1-2H3,(H,30,33). The molecule has 0 saturated carbocycles. The molecule has 3 rings (SSSR count). The van der Waals surface area contributed by atoms with E-state index in [4.69, 9.17) is 0 Å². The molecule has 4 nitrogen and oxygen atoms in total. The minimum absolute atomic E-state index is 0.0345. The molecule has 6 heteroatoms. The second-order valence-electron chi connectivity index (χ2n) is 8.28. The second-order valence-corrected chi connectivity index (χ2v) is 10.2. The van der Waals surface area contributed by atoms with Crippen molar-refractivity contribution >= 4 is 39.5 Å². The van der Waals surface area contributed by atoms with Crippen LogP contribution in [0.4, 0.5) is 0 Å². The molecule has 0 saturated heterocycles. The molecule has 0 aliphatic carbocycles. The number of halogens is 1. The lowest BCUT2D eigenvalue weighted by molar-refractivity contribution is -0.139. The summed E-state index contributed by atoms with van der Waals surface area (Å²) in [7, 11) is 0. The molecule has 3 aromatic carbocycles. The highest BCUT2D eigenvalue weighted by molar-refractivity contribution is 9.10. The Bertz CT molecular complexity index is 1060. The van der Waals surface area contributed by atoms with Crippen LogP contribution >= 0.6 is 27.7 Å². The molecule has 2 unspecified atom stereocenters. The summed E-state index contributed by atoms with van der Waals surface area (Å²) in [5.74, 6) is 0.0835. The van der Waals surface area contributed by atoms with Gasteiger partial charge in [0.1, 0.15) is 6.04 Å². The topological polar surface area (TPSA) is 49.4 Å². The van der Waals surface area contributed by atoms with E-state index in [2.05, 4.69) is 21.2 Å².